The first-order valence-electron chi connectivity index (χ1n) is 9.93. The third kappa shape index (κ3) is 9.42. The predicted molar refractivity (Wildman–Crippen MR) is 115 cm³/mol. The molecule has 14 nitrogen and oxygen atoms in total. The van der Waals surface area contributed by atoms with E-state index < -0.39 is 47.9 Å². The van der Waals surface area contributed by atoms with Crippen LogP contribution in [0.4, 0.5) is 0 Å². The molecule has 3 amide bonds. The minimum atomic E-state index is -1.23. The van der Waals surface area contributed by atoms with E-state index in [9.17, 15) is 24.3 Å². The summed E-state index contributed by atoms with van der Waals surface area (Å²) in [5, 5.41) is 16.5. The van der Waals surface area contributed by atoms with Crippen LogP contribution in [0.25, 0.3) is 0 Å². The number of aromatic amines is 1. The van der Waals surface area contributed by atoms with Crippen molar-refractivity contribution in [3.63, 3.8) is 0 Å². The quantitative estimate of drug-likeness (QED) is 0.0855. The molecule has 0 radical (unpaired) electrons. The van der Waals surface area contributed by atoms with Crippen molar-refractivity contribution < 1.29 is 24.3 Å². The number of hydrogen-bond acceptors (Lipinski definition) is 7. The van der Waals surface area contributed by atoms with Gasteiger partial charge in [0.2, 0.25) is 17.7 Å². The monoisotopic (exact) mass is 453 g/mol. The highest BCUT2D eigenvalue weighted by atomic mass is 16.4. The summed E-state index contributed by atoms with van der Waals surface area (Å²) in [7, 11) is 0. The van der Waals surface area contributed by atoms with Crippen LogP contribution in [0.15, 0.2) is 17.5 Å². The maximum atomic E-state index is 12.3. The molecule has 4 unspecified atom stereocenters. The molecule has 0 saturated heterocycles. The fourth-order valence-electron chi connectivity index (χ4n) is 2.57. The van der Waals surface area contributed by atoms with Crippen molar-refractivity contribution in [1.82, 2.24) is 25.9 Å². The Morgan fingerprint density at radius 1 is 1.09 bits per heavy atom. The molecule has 0 spiro atoms. The van der Waals surface area contributed by atoms with Crippen molar-refractivity contribution >= 4 is 29.7 Å². The molecule has 178 valence electrons. The van der Waals surface area contributed by atoms with E-state index in [4.69, 9.17) is 17.2 Å². The second-order valence-corrected chi connectivity index (χ2v) is 7.20. The SMILES string of the molecule is CC(NC(=O)C(N)Cc1cnc[nH]1)C(=O)NC(C)C(=O)NC(CCCN=C(N)N)C(=O)O. The molecule has 1 heterocycles. The molecule has 0 saturated carbocycles. The Labute approximate surface area is 184 Å². The van der Waals surface area contributed by atoms with Gasteiger partial charge in [-0.15, -0.1) is 0 Å². The Morgan fingerprint density at radius 2 is 1.69 bits per heavy atom. The molecule has 14 heteroatoms. The number of amides is 3. The molecule has 1 rings (SSSR count). The molecule has 0 bridgehead atoms. The van der Waals surface area contributed by atoms with Crippen LogP contribution in [0.5, 0.6) is 0 Å². The van der Waals surface area contributed by atoms with Crippen LogP contribution in [0, 0.1) is 0 Å². The number of aromatic nitrogens is 2. The lowest BCUT2D eigenvalue weighted by atomic mass is 10.1. The van der Waals surface area contributed by atoms with Gasteiger partial charge in [-0.1, -0.05) is 0 Å². The molecule has 0 aliphatic heterocycles. The number of aliphatic imine (C=N–C) groups is 1. The van der Waals surface area contributed by atoms with Crippen LogP contribution in [0.2, 0.25) is 0 Å². The summed E-state index contributed by atoms with van der Waals surface area (Å²) in [6.07, 6.45) is 3.63. The van der Waals surface area contributed by atoms with E-state index in [0.717, 1.165) is 0 Å². The average molecular weight is 454 g/mol. The van der Waals surface area contributed by atoms with Crippen molar-refractivity contribution in [2.75, 3.05) is 6.54 Å². The summed E-state index contributed by atoms with van der Waals surface area (Å²) in [4.78, 5) is 58.5. The standard InChI is InChI=1S/C18H31N9O5/c1-9(26-16(30)12(19)6-11-7-22-8-24-11)14(28)25-10(2)15(29)27-13(17(31)32)4-3-5-23-18(20)21/h7-10,12-13H,3-6,19H2,1-2H3,(H,22,24)(H,25,28)(H,26,30)(H,27,29)(H,31,32)(H4,20,21,23). The van der Waals surface area contributed by atoms with Crippen molar-refractivity contribution in [3.05, 3.63) is 18.2 Å². The number of aliphatic carboxylic acids is 1. The van der Waals surface area contributed by atoms with Crippen LogP contribution in [-0.4, -0.2) is 75.4 Å². The minimum absolute atomic E-state index is 0.0964. The van der Waals surface area contributed by atoms with Gasteiger partial charge in [0.1, 0.15) is 18.1 Å². The molecule has 1 aromatic rings. The summed E-state index contributed by atoms with van der Waals surface area (Å²) in [5.41, 5.74) is 16.9. The van der Waals surface area contributed by atoms with Gasteiger partial charge in [0.25, 0.3) is 0 Å². The number of H-pyrrole nitrogens is 1. The number of nitrogens with two attached hydrogens (primary N) is 3. The zero-order valence-corrected chi connectivity index (χ0v) is 18.0. The van der Waals surface area contributed by atoms with E-state index in [2.05, 4.69) is 30.9 Å². The number of carboxylic acid groups (broad SMARTS) is 1. The fourth-order valence-corrected chi connectivity index (χ4v) is 2.57. The normalized spacial score (nSPS) is 14.3. The summed E-state index contributed by atoms with van der Waals surface area (Å²) >= 11 is 0. The Bertz CT molecular complexity index is 808. The van der Waals surface area contributed by atoms with Gasteiger partial charge in [0, 0.05) is 24.9 Å². The van der Waals surface area contributed by atoms with E-state index >= 15 is 0 Å². The van der Waals surface area contributed by atoms with Gasteiger partial charge in [-0.2, -0.15) is 0 Å². The first-order chi connectivity index (χ1) is 15.0. The van der Waals surface area contributed by atoms with Gasteiger partial charge in [0.15, 0.2) is 5.96 Å². The van der Waals surface area contributed by atoms with E-state index in [0.29, 0.717) is 12.1 Å². The molecule has 4 atom stereocenters. The maximum absolute atomic E-state index is 12.3. The Kier molecular flexibility index (Phi) is 10.6. The number of nitrogens with zero attached hydrogens (tertiary/aromatic N) is 2. The van der Waals surface area contributed by atoms with Gasteiger partial charge >= 0.3 is 5.97 Å². The molecular weight excluding hydrogens is 422 g/mol. The number of nitrogens with one attached hydrogen (secondary N) is 4. The number of guanidine groups is 1. The zero-order chi connectivity index (χ0) is 24.3. The third-order valence-electron chi connectivity index (χ3n) is 4.40. The third-order valence-corrected chi connectivity index (χ3v) is 4.40. The average Bonchev–Trinajstić information content (AvgIpc) is 3.22. The molecule has 0 aromatic carbocycles. The number of rotatable bonds is 13. The first kappa shape index (κ1) is 26.4. The minimum Gasteiger partial charge on any atom is -0.480 e. The molecular formula is C18H31N9O5. The molecule has 11 N–H and O–H groups in total. The number of imidazole rings is 1. The number of carboxylic acids is 1. The van der Waals surface area contributed by atoms with Crippen molar-refractivity contribution in [2.45, 2.75) is 57.3 Å². The van der Waals surface area contributed by atoms with E-state index in [1.807, 2.05) is 0 Å². The van der Waals surface area contributed by atoms with Crippen LogP contribution in [0.3, 0.4) is 0 Å². The number of hydrogen-bond donors (Lipinski definition) is 8. The second-order valence-electron chi connectivity index (χ2n) is 7.20. The van der Waals surface area contributed by atoms with Crippen LogP contribution < -0.4 is 33.2 Å². The van der Waals surface area contributed by atoms with Crippen LogP contribution >= 0.6 is 0 Å². The first-order valence-corrected chi connectivity index (χ1v) is 9.93. The zero-order valence-electron chi connectivity index (χ0n) is 18.0. The van der Waals surface area contributed by atoms with Gasteiger partial charge < -0.3 is 43.2 Å². The lowest BCUT2D eigenvalue weighted by molar-refractivity contribution is -0.142. The Balaban J connectivity index is 2.50. The van der Waals surface area contributed by atoms with Gasteiger partial charge in [-0.25, -0.2) is 9.78 Å². The highest BCUT2D eigenvalue weighted by Gasteiger charge is 2.26. The highest BCUT2D eigenvalue weighted by molar-refractivity contribution is 5.93. The summed E-state index contributed by atoms with van der Waals surface area (Å²) in [5.74, 6) is -3.21. The molecule has 1 aromatic heterocycles. The predicted octanol–water partition coefficient (Wildman–Crippen LogP) is -3.09. The summed E-state index contributed by atoms with van der Waals surface area (Å²) in [6, 6.07) is -4.09. The maximum Gasteiger partial charge on any atom is 0.326 e. The molecule has 0 fully saturated rings. The lowest BCUT2D eigenvalue weighted by Crippen LogP contribution is -2.55. The second kappa shape index (κ2) is 12.9. The summed E-state index contributed by atoms with van der Waals surface area (Å²) < 4.78 is 0. The molecule has 32 heavy (non-hydrogen) atoms. The Hall–Kier alpha value is -3.68. The highest BCUT2D eigenvalue weighted by Crippen LogP contribution is 2.00. The number of carbonyl (C=O) groups is 4. The fraction of sp³-hybridized carbons (Fsp3) is 0.556. The van der Waals surface area contributed by atoms with Crippen molar-refractivity contribution in [2.24, 2.45) is 22.2 Å². The van der Waals surface area contributed by atoms with E-state index in [1.54, 1.807) is 0 Å². The smallest absolute Gasteiger partial charge is 0.326 e. The summed E-state index contributed by atoms with van der Waals surface area (Å²) in [6.45, 7) is 3.04. The van der Waals surface area contributed by atoms with Gasteiger partial charge in [-0.3, -0.25) is 19.4 Å². The largest absolute Gasteiger partial charge is 0.480 e. The lowest BCUT2D eigenvalue weighted by Gasteiger charge is -2.21. The van der Waals surface area contributed by atoms with Crippen molar-refractivity contribution in [3.8, 4) is 0 Å². The van der Waals surface area contributed by atoms with Crippen LogP contribution in [-0.2, 0) is 25.6 Å². The molecule has 0 aliphatic rings. The number of carbonyl (C=O) groups excluding carboxylic acids is 3. The Morgan fingerprint density at radius 3 is 2.22 bits per heavy atom. The van der Waals surface area contributed by atoms with E-state index in [-0.39, 0.29) is 25.3 Å². The van der Waals surface area contributed by atoms with Gasteiger partial charge in [0.05, 0.1) is 12.4 Å². The van der Waals surface area contributed by atoms with Gasteiger partial charge in [-0.05, 0) is 26.7 Å². The van der Waals surface area contributed by atoms with E-state index in [1.165, 1.54) is 26.4 Å². The molecule has 0 aliphatic carbocycles. The van der Waals surface area contributed by atoms with Crippen LogP contribution in [0.1, 0.15) is 32.4 Å². The van der Waals surface area contributed by atoms with Crippen molar-refractivity contribution in [1.29, 1.82) is 0 Å². The topological polar surface area (TPSA) is 244 Å².